The maximum absolute atomic E-state index is 13.0. The zero-order valence-corrected chi connectivity index (χ0v) is 16.2. The van der Waals surface area contributed by atoms with Gasteiger partial charge >= 0.3 is 5.97 Å². The van der Waals surface area contributed by atoms with Crippen LogP contribution >= 0.6 is 0 Å². The highest BCUT2D eigenvalue weighted by Gasteiger charge is 2.27. The van der Waals surface area contributed by atoms with Crippen molar-refractivity contribution in [2.45, 2.75) is 12.5 Å². The summed E-state index contributed by atoms with van der Waals surface area (Å²) in [5, 5.41) is 13.4. The topological polar surface area (TPSA) is 194 Å². The number of carbonyl (C=O) groups excluding carboxylic acids is 4. The van der Waals surface area contributed by atoms with E-state index in [-0.39, 0.29) is 13.0 Å². The molecule has 7 N–H and O–H groups in total. The summed E-state index contributed by atoms with van der Waals surface area (Å²) in [6, 6.07) is 7.63. The minimum atomic E-state index is -1.26. The van der Waals surface area contributed by atoms with Gasteiger partial charge in [0.25, 0.3) is 0 Å². The minimum absolute atomic E-state index is 0.0739. The molecule has 0 unspecified atom stereocenters. The molecule has 0 aliphatic heterocycles. The molecule has 0 saturated heterocycles. The first-order chi connectivity index (χ1) is 14.2. The first-order valence-electron chi connectivity index (χ1n) is 8.89. The number of hydrogen-bond donors (Lipinski definition) is 5. The first-order valence-corrected chi connectivity index (χ1v) is 8.89. The number of primary amides is 1. The van der Waals surface area contributed by atoms with Crippen LogP contribution in [0.25, 0.3) is 0 Å². The Morgan fingerprint density at radius 3 is 2.33 bits per heavy atom. The van der Waals surface area contributed by atoms with Gasteiger partial charge in [-0.25, -0.2) is 4.79 Å². The summed E-state index contributed by atoms with van der Waals surface area (Å²) in [5.74, 6) is -4.01. The van der Waals surface area contributed by atoms with E-state index >= 15 is 0 Å². The zero-order valence-electron chi connectivity index (χ0n) is 16.2. The highest BCUT2D eigenvalue weighted by molar-refractivity contribution is 5.92. The summed E-state index contributed by atoms with van der Waals surface area (Å²) in [7, 11) is 0. The summed E-state index contributed by atoms with van der Waals surface area (Å²) < 4.78 is 4.89. The summed E-state index contributed by atoms with van der Waals surface area (Å²) in [5.41, 5.74) is 11.0. The molecular weight excluding hydrogens is 398 g/mol. The van der Waals surface area contributed by atoms with E-state index in [9.17, 15) is 24.0 Å². The molecule has 0 aliphatic carbocycles. The van der Waals surface area contributed by atoms with E-state index in [1.165, 1.54) is 0 Å². The zero-order chi connectivity index (χ0) is 22.5. The van der Waals surface area contributed by atoms with Gasteiger partial charge in [-0.05, 0) is 5.56 Å². The number of rotatable bonds is 13. The largest absolute Gasteiger partial charge is 0.480 e. The Bertz CT molecular complexity index is 757. The average Bonchev–Trinajstić information content (AvgIpc) is 2.70. The highest BCUT2D eigenvalue weighted by Crippen LogP contribution is 2.07. The molecule has 0 bridgehead atoms. The SMILES string of the molecule is NCC(=O)NCC(=O)N[C@@H](Cc1ccccc1)C(=O)N(COCC(=O)O)CC(N)=O. The average molecular weight is 423 g/mol. The van der Waals surface area contributed by atoms with Crippen molar-refractivity contribution in [3.8, 4) is 0 Å². The number of benzene rings is 1. The molecule has 12 nitrogen and oxygen atoms in total. The van der Waals surface area contributed by atoms with Crippen molar-refractivity contribution < 1.29 is 33.8 Å². The van der Waals surface area contributed by atoms with Crippen molar-refractivity contribution in [3.63, 3.8) is 0 Å². The van der Waals surface area contributed by atoms with E-state index in [4.69, 9.17) is 21.3 Å². The fourth-order valence-corrected chi connectivity index (χ4v) is 2.39. The van der Waals surface area contributed by atoms with Crippen LogP contribution < -0.4 is 22.1 Å². The second kappa shape index (κ2) is 12.9. The quantitative estimate of drug-likeness (QED) is 0.209. The molecule has 30 heavy (non-hydrogen) atoms. The number of ether oxygens (including phenoxy) is 1. The first kappa shape index (κ1) is 24.5. The monoisotopic (exact) mass is 423 g/mol. The van der Waals surface area contributed by atoms with Gasteiger partial charge in [0.2, 0.25) is 23.6 Å². The number of aliphatic carboxylic acids is 1. The fourth-order valence-electron chi connectivity index (χ4n) is 2.39. The molecule has 1 aromatic carbocycles. The minimum Gasteiger partial charge on any atom is -0.480 e. The molecule has 1 aromatic rings. The molecular formula is C18H25N5O7. The maximum atomic E-state index is 13.0. The van der Waals surface area contributed by atoms with E-state index in [1.54, 1.807) is 30.3 Å². The second-order valence-corrected chi connectivity index (χ2v) is 6.16. The molecule has 164 valence electrons. The van der Waals surface area contributed by atoms with Crippen LogP contribution in [0.3, 0.4) is 0 Å². The summed E-state index contributed by atoms with van der Waals surface area (Å²) >= 11 is 0. The predicted molar refractivity (Wildman–Crippen MR) is 104 cm³/mol. The molecule has 0 heterocycles. The van der Waals surface area contributed by atoms with E-state index in [1.807, 2.05) is 0 Å². The van der Waals surface area contributed by atoms with Crippen LogP contribution in [0.5, 0.6) is 0 Å². The van der Waals surface area contributed by atoms with Crippen molar-refractivity contribution in [2.75, 3.05) is 33.0 Å². The number of nitrogens with one attached hydrogen (secondary N) is 2. The lowest BCUT2D eigenvalue weighted by atomic mass is 10.0. The van der Waals surface area contributed by atoms with Crippen LogP contribution in [0.2, 0.25) is 0 Å². The van der Waals surface area contributed by atoms with Crippen LogP contribution in [-0.4, -0.2) is 78.6 Å². The van der Waals surface area contributed by atoms with Crippen LogP contribution in [-0.2, 0) is 35.1 Å². The summed E-state index contributed by atoms with van der Waals surface area (Å²) in [6.07, 6.45) is 0.0739. The standard InChI is InChI=1S/C18H25N5O7/c19-7-15(25)21-8-16(26)22-13(6-12-4-2-1-3-5-12)18(29)23(9-14(20)24)11-30-10-17(27)28/h1-5,13H,6-11,19H2,(H2,20,24)(H,21,25)(H,22,26)(H,27,28)/t13-/m0/s1. The number of hydrogen-bond acceptors (Lipinski definition) is 7. The second-order valence-electron chi connectivity index (χ2n) is 6.16. The lowest BCUT2D eigenvalue weighted by Gasteiger charge is -2.27. The Kier molecular flexibility index (Phi) is 10.5. The molecule has 0 aliphatic rings. The predicted octanol–water partition coefficient (Wildman–Crippen LogP) is -2.84. The van der Waals surface area contributed by atoms with Gasteiger partial charge in [0.1, 0.15) is 25.9 Å². The van der Waals surface area contributed by atoms with Crippen molar-refractivity contribution in [1.29, 1.82) is 0 Å². The normalized spacial score (nSPS) is 11.2. The molecule has 4 amide bonds. The Hall–Kier alpha value is -3.51. The Balaban J connectivity index is 2.95. The van der Waals surface area contributed by atoms with Crippen molar-refractivity contribution >= 4 is 29.6 Å². The molecule has 0 radical (unpaired) electrons. The third-order valence-electron chi connectivity index (χ3n) is 3.68. The molecule has 1 rings (SSSR count). The summed E-state index contributed by atoms with van der Waals surface area (Å²) in [4.78, 5) is 59.2. The van der Waals surface area contributed by atoms with Crippen LogP contribution in [0.15, 0.2) is 30.3 Å². The van der Waals surface area contributed by atoms with Crippen molar-refractivity contribution in [3.05, 3.63) is 35.9 Å². The Morgan fingerprint density at radius 2 is 1.77 bits per heavy atom. The molecule has 1 atom stereocenters. The number of carboxylic acids is 1. The van der Waals surface area contributed by atoms with Crippen LogP contribution in [0, 0.1) is 0 Å². The van der Waals surface area contributed by atoms with Gasteiger partial charge in [0.15, 0.2) is 0 Å². The van der Waals surface area contributed by atoms with Crippen LogP contribution in [0.1, 0.15) is 5.56 Å². The fraction of sp³-hybridized carbons (Fsp3) is 0.389. The lowest BCUT2D eigenvalue weighted by Crippen LogP contribution is -2.53. The van der Waals surface area contributed by atoms with E-state index in [0.29, 0.717) is 5.56 Å². The van der Waals surface area contributed by atoms with Gasteiger partial charge in [0.05, 0.1) is 13.1 Å². The molecule has 12 heteroatoms. The third kappa shape index (κ3) is 9.61. The van der Waals surface area contributed by atoms with Gasteiger partial charge in [-0.1, -0.05) is 30.3 Å². The van der Waals surface area contributed by atoms with Crippen molar-refractivity contribution in [1.82, 2.24) is 15.5 Å². The highest BCUT2D eigenvalue weighted by atomic mass is 16.5. The third-order valence-corrected chi connectivity index (χ3v) is 3.68. The number of carbonyl (C=O) groups is 5. The van der Waals surface area contributed by atoms with Crippen molar-refractivity contribution in [2.24, 2.45) is 11.5 Å². The lowest BCUT2D eigenvalue weighted by molar-refractivity contribution is -0.150. The number of nitrogens with zero attached hydrogens (tertiary/aromatic N) is 1. The smallest absolute Gasteiger partial charge is 0.329 e. The van der Waals surface area contributed by atoms with E-state index in [2.05, 4.69) is 10.6 Å². The van der Waals surface area contributed by atoms with Gasteiger partial charge < -0.3 is 36.8 Å². The number of nitrogens with two attached hydrogens (primary N) is 2. The van der Waals surface area contributed by atoms with E-state index < -0.39 is 62.1 Å². The molecule has 0 fully saturated rings. The Morgan fingerprint density at radius 1 is 1.10 bits per heavy atom. The maximum Gasteiger partial charge on any atom is 0.329 e. The number of amides is 4. The molecule has 0 spiro atoms. The van der Waals surface area contributed by atoms with Gasteiger partial charge in [-0.15, -0.1) is 0 Å². The van der Waals surface area contributed by atoms with Crippen LogP contribution in [0.4, 0.5) is 0 Å². The van der Waals surface area contributed by atoms with E-state index in [0.717, 1.165) is 4.90 Å². The summed E-state index contributed by atoms with van der Waals surface area (Å²) in [6.45, 7) is -2.45. The molecule has 0 saturated carbocycles. The van der Waals surface area contributed by atoms with Gasteiger partial charge in [-0.3, -0.25) is 19.2 Å². The number of carboxylic acid groups (broad SMARTS) is 1. The van der Waals surface area contributed by atoms with Gasteiger partial charge in [-0.2, -0.15) is 0 Å². The van der Waals surface area contributed by atoms with Gasteiger partial charge in [0, 0.05) is 6.42 Å². The Labute approximate surface area is 172 Å². The molecule has 0 aromatic heterocycles.